The average molecular weight is 402 g/mol. The summed E-state index contributed by atoms with van der Waals surface area (Å²) in [7, 11) is 0. The Bertz CT molecular complexity index is 542. The molecule has 1 amide bonds. The molecule has 0 bridgehead atoms. The number of carbonyl (C=O) groups excluding carboxylic acids is 1. The number of hydrogen-bond donors (Lipinski definition) is 1. The first-order chi connectivity index (χ1) is 11.7. The standard InChI is InChI=1S/C20H31N3O.2ClH/c1-17-3-2-4-19(15-17)16-22-11-13-23(14-12-22)20(24)6-5-18-7-9-21-10-8-18;;/h2-4,15,18,21H,5-14,16H2,1H3;2*1H. The number of halogens is 2. The van der Waals surface area contributed by atoms with Crippen LogP contribution in [-0.4, -0.2) is 55.0 Å². The van der Waals surface area contributed by atoms with Crippen molar-refractivity contribution in [2.24, 2.45) is 5.92 Å². The summed E-state index contributed by atoms with van der Waals surface area (Å²) in [4.78, 5) is 17.0. The second kappa shape index (κ2) is 11.8. The third kappa shape index (κ3) is 7.07. The molecule has 148 valence electrons. The Morgan fingerprint density at radius 1 is 1.12 bits per heavy atom. The third-order valence-corrected chi connectivity index (χ3v) is 5.44. The maximum atomic E-state index is 12.4. The molecule has 1 aromatic carbocycles. The molecule has 0 radical (unpaired) electrons. The summed E-state index contributed by atoms with van der Waals surface area (Å²) >= 11 is 0. The van der Waals surface area contributed by atoms with Crippen molar-refractivity contribution in [1.82, 2.24) is 15.1 Å². The van der Waals surface area contributed by atoms with Crippen LogP contribution in [0.3, 0.4) is 0 Å². The van der Waals surface area contributed by atoms with Gasteiger partial charge in [0.15, 0.2) is 0 Å². The fourth-order valence-electron chi connectivity index (χ4n) is 3.88. The lowest BCUT2D eigenvalue weighted by atomic mass is 9.93. The van der Waals surface area contributed by atoms with E-state index in [1.54, 1.807) is 0 Å². The molecule has 0 unspecified atom stereocenters. The summed E-state index contributed by atoms with van der Waals surface area (Å²) in [6.07, 6.45) is 4.28. The van der Waals surface area contributed by atoms with Gasteiger partial charge in [-0.15, -0.1) is 24.8 Å². The molecule has 26 heavy (non-hydrogen) atoms. The number of hydrogen-bond acceptors (Lipinski definition) is 3. The predicted octanol–water partition coefficient (Wildman–Crippen LogP) is 3.26. The largest absolute Gasteiger partial charge is 0.340 e. The van der Waals surface area contributed by atoms with Gasteiger partial charge in [-0.1, -0.05) is 29.8 Å². The maximum Gasteiger partial charge on any atom is 0.222 e. The number of benzene rings is 1. The molecular weight excluding hydrogens is 369 g/mol. The van der Waals surface area contributed by atoms with Crippen molar-refractivity contribution in [1.29, 1.82) is 0 Å². The van der Waals surface area contributed by atoms with E-state index in [9.17, 15) is 4.79 Å². The predicted molar refractivity (Wildman–Crippen MR) is 112 cm³/mol. The molecule has 2 saturated heterocycles. The summed E-state index contributed by atoms with van der Waals surface area (Å²) in [6, 6.07) is 8.73. The first kappa shape index (κ1) is 23.2. The van der Waals surface area contributed by atoms with Crippen LogP contribution in [0.5, 0.6) is 0 Å². The van der Waals surface area contributed by atoms with Gasteiger partial charge in [0.1, 0.15) is 0 Å². The molecule has 2 aliphatic rings. The molecule has 0 aliphatic carbocycles. The second-order valence-corrected chi connectivity index (χ2v) is 7.38. The summed E-state index contributed by atoms with van der Waals surface area (Å²) in [5.74, 6) is 1.11. The summed E-state index contributed by atoms with van der Waals surface area (Å²) in [6.45, 7) is 9.14. The molecule has 0 atom stereocenters. The summed E-state index contributed by atoms with van der Waals surface area (Å²) in [5, 5.41) is 3.39. The zero-order chi connectivity index (χ0) is 16.8. The number of amides is 1. The fraction of sp³-hybridized carbons (Fsp3) is 0.650. The lowest BCUT2D eigenvalue weighted by Gasteiger charge is -2.35. The van der Waals surface area contributed by atoms with Crippen LogP contribution in [0.4, 0.5) is 0 Å². The Morgan fingerprint density at radius 3 is 2.46 bits per heavy atom. The second-order valence-electron chi connectivity index (χ2n) is 7.38. The van der Waals surface area contributed by atoms with Gasteiger partial charge in [-0.25, -0.2) is 0 Å². The molecule has 0 saturated carbocycles. The SMILES string of the molecule is Cc1cccc(CN2CCN(C(=O)CCC3CCNCC3)CC2)c1.Cl.Cl. The molecule has 1 aromatic rings. The van der Waals surface area contributed by atoms with Crippen LogP contribution in [0, 0.1) is 12.8 Å². The zero-order valence-corrected chi connectivity index (χ0v) is 17.4. The van der Waals surface area contributed by atoms with Gasteiger partial charge in [-0.3, -0.25) is 9.69 Å². The quantitative estimate of drug-likeness (QED) is 0.821. The Labute approximate surface area is 170 Å². The van der Waals surface area contributed by atoms with Crippen molar-refractivity contribution in [3.63, 3.8) is 0 Å². The topological polar surface area (TPSA) is 35.6 Å². The number of carbonyl (C=O) groups is 1. The number of piperidine rings is 1. The van der Waals surface area contributed by atoms with Crippen molar-refractivity contribution in [2.45, 2.75) is 39.2 Å². The van der Waals surface area contributed by atoms with Crippen molar-refractivity contribution in [3.8, 4) is 0 Å². The van der Waals surface area contributed by atoms with Crippen molar-refractivity contribution < 1.29 is 4.79 Å². The van der Waals surface area contributed by atoms with E-state index in [1.807, 2.05) is 0 Å². The lowest BCUT2D eigenvalue weighted by Crippen LogP contribution is -2.48. The van der Waals surface area contributed by atoms with Gasteiger partial charge in [0.2, 0.25) is 5.91 Å². The lowest BCUT2D eigenvalue weighted by molar-refractivity contribution is -0.133. The smallest absolute Gasteiger partial charge is 0.222 e. The number of nitrogens with one attached hydrogen (secondary N) is 1. The molecule has 2 heterocycles. The van der Waals surface area contributed by atoms with Crippen LogP contribution in [-0.2, 0) is 11.3 Å². The number of piperazine rings is 1. The van der Waals surface area contributed by atoms with Crippen molar-refractivity contribution in [2.75, 3.05) is 39.3 Å². The first-order valence-corrected chi connectivity index (χ1v) is 9.47. The monoisotopic (exact) mass is 401 g/mol. The molecule has 0 aromatic heterocycles. The normalized spacial score (nSPS) is 18.7. The van der Waals surface area contributed by atoms with Gasteiger partial charge in [0.25, 0.3) is 0 Å². The van der Waals surface area contributed by atoms with E-state index >= 15 is 0 Å². The van der Waals surface area contributed by atoms with E-state index in [4.69, 9.17) is 0 Å². The van der Waals surface area contributed by atoms with Crippen molar-refractivity contribution >= 4 is 30.7 Å². The molecule has 2 fully saturated rings. The number of aryl methyl sites for hydroxylation is 1. The molecule has 0 spiro atoms. The van der Waals surface area contributed by atoms with E-state index in [1.165, 1.54) is 24.0 Å². The molecule has 4 nitrogen and oxygen atoms in total. The number of nitrogens with zero attached hydrogens (tertiary/aromatic N) is 2. The van der Waals surface area contributed by atoms with E-state index in [2.05, 4.69) is 46.3 Å². The maximum absolute atomic E-state index is 12.4. The molecule has 6 heteroatoms. The molecule has 3 rings (SSSR count). The summed E-state index contributed by atoms with van der Waals surface area (Å²) < 4.78 is 0. The minimum Gasteiger partial charge on any atom is -0.340 e. The third-order valence-electron chi connectivity index (χ3n) is 5.44. The van der Waals surface area contributed by atoms with Crippen LogP contribution in [0.25, 0.3) is 0 Å². The van der Waals surface area contributed by atoms with Gasteiger partial charge in [-0.2, -0.15) is 0 Å². The van der Waals surface area contributed by atoms with E-state index in [0.29, 0.717) is 5.91 Å². The minimum absolute atomic E-state index is 0. The highest BCUT2D eigenvalue weighted by Crippen LogP contribution is 2.19. The Balaban J connectivity index is 0.00000169. The van der Waals surface area contributed by atoms with Crippen LogP contribution in [0.15, 0.2) is 24.3 Å². The minimum atomic E-state index is 0. The highest BCUT2D eigenvalue weighted by atomic mass is 35.5. The van der Waals surface area contributed by atoms with Crippen LogP contribution < -0.4 is 5.32 Å². The van der Waals surface area contributed by atoms with E-state index in [0.717, 1.165) is 64.6 Å². The van der Waals surface area contributed by atoms with Gasteiger partial charge in [0.05, 0.1) is 0 Å². The van der Waals surface area contributed by atoms with Gasteiger partial charge in [-0.05, 0) is 50.8 Å². The van der Waals surface area contributed by atoms with Gasteiger partial charge in [0, 0.05) is 39.1 Å². The Morgan fingerprint density at radius 2 is 1.81 bits per heavy atom. The highest BCUT2D eigenvalue weighted by Gasteiger charge is 2.22. The fourth-order valence-corrected chi connectivity index (χ4v) is 3.88. The molecule has 1 N–H and O–H groups in total. The van der Waals surface area contributed by atoms with Crippen LogP contribution in [0.2, 0.25) is 0 Å². The Kier molecular flexibility index (Phi) is 10.6. The van der Waals surface area contributed by atoms with Gasteiger partial charge >= 0.3 is 0 Å². The zero-order valence-electron chi connectivity index (χ0n) is 15.8. The first-order valence-electron chi connectivity index (χ1n) is 9.47. The van der Waals surface area contributed by atoms with Crippen molar-refractivity contribution in [3.05, 3.63) is 35.4 Å². The van der Waals surface area contributed by atoms with E-state index in [-0.39, 0.29) is 24.8 Å². The van der Waals surface area contributed by atoms with Crippen LogP contribution >= 0.6 is 24.8 Å². The van der Waals surface area contributed by atoms with Gasteiger partial charge < -0.3 is 10.2 Å². The Hall–Kier alpha value is -0.810. The van der Waals surface area contributed by atoms with Crippen LogP contribution in [0.1, 0.15) is 36.8 Å². The molecule has 2 aliphatic heterocycles. The van der Waals surface area contributed by atoms with E-state index < -0.39 is 0 Å². The highest BCUT2D eigenvalue weighted by molar-refractivity contribution is 5.85. The summed E-state index contributed by atoms with van der Waals surface area (Å²) in [5.41, 5.74) is 2.69. The number of rotatable bonds is 5. The molecular formula is C20H33Cl2N3O. The average Bonchev–Trinajstić information content (AvgIpc) is 2.61.